The van der Waals surface area contributed by atoms with E-state index in [0.29, 0.717) is 22.8 Å². The summed E-state index contributed by atoms with van der Waals surface area (Å²) in [5, 5.41) is 21.3. The van der Waals surface area contributed by atoms with E-state index in [4.69, 9.17) is 16.3 Å². The minimum Gasteiger partial charge on any atom is -0.507 e. The highest BCUT2D eigenvalue weighted by Crippen LogP contribution is 2.38. The molecule has 1 aromatic rings. The second kappa shape index (κ2) is 6.37. The van der Waals surface area contributed by atoms with Gasteiger partial charge in [0.2, 0.25) is 0 Å². The molecule has 1 heterocycles. The van der Waals surface area contributed by atoms with E-state index in [1.165, 1.54) is 0 Å². The summed E-state index contributed by atoms with van der Waals surface area (Å²) >= 11 is 5.98. The van der Waals surface area contributed by atoms with Crippen LogP contribution in [0.3, 0.4) is 0 Å². The Kier molecular flexibility index (Phi) is 4.75. The van der Waals surface area contributed by atoms with Gasteiger partial charge in [-0.1, -0.05) is 11.6 Å². The van der Waals surface area contributed by atoms with E-state index < -0.39 is 12.2 Å². The van der Waals surface area contributed by atoms with Crippen LogP contribution in [-0.2, 0) is 9.53 Å². The number of halogens is 1. The molecule has 0 saturated carbocycles. The molecule has 21 heavy (non-hydrogen) atoms. The lowest BCUT2D eigenvalue weighted by atomic mass is 9.96. The number of esters is 1. The minimum absolute atomic E-state index is 0.0908. The van der Waals surface area contributed by atoms with Crippen molar-refractivity contribution in [1.29, 1.82) is 0 Å². The molecule has 0 amide bonds. The van der Waals surface area contributed by atoms with Crippen LogP contribution in [0.2, 0.25) is 5.02 Å². The van der Waals surface area contributed by atoms with E-state index in [1.807, 2.05) is 6.92 Å². The maximum Gasteiger partial charge on any atom is 0.310 e. The lowest BCUT2D eigenvalue weighted by Gasteiger charge is -2.36. The Labute approximate surface area is 128 Å². The van der Waals surface area contributed by atoms with E-state index in [2.05, 4.69) is 0 Å². The van der Waals surface area contributed by atoms with Gasteiger partial charge in [-0.2, -0.15) is 0 Å². The van der Waals surface area contributed by atoms with Gasteiger partial charge in [0.1, 0.15) is 5.76 Å². The molecule has 0 saturated heterocycles. The van der Waals surface area contributed by atoms with Crippen LogP contribution in [-0.4, -0.2) is 35.6 Å². The molecule has 2 rings (SSSR count). The molecule has 5 nitrogen and oxygen atoms in total. The fourth-order valence-corrected chi connectivity index (χ4v) is 2.61. The molecule has 1 aliphatic heterocycles. The lowest BCUT2D eigenvalue weighted by Crippen LogP contribution is -2.40. The lowest BCUT2D eigenvalue weighted by molar-refractivity contribution is -0.142. The molecule has 0 spiro atoms. The van der Waals surface area contributed by atoms with Gasteiger partial charge in [0.25, 0.3) is 0 Å². The normalized spacial score (nSPS) is 17.7. The van der Waals surface area contributed by atoms with Crippen molar-refractivity contribution in [1.82, 2.24) is 0 Å². The first-order chi connectivity index (χ1) is 9.99. The molecule has 0 radical (unpaired) electrons. The van der Waals surface area contributed by atoms with Gasteiger partial charge < -0.3 is 19.8 Å². The zero-order valence-electron chi connectivity index (χ0n) is 12.0. The molecule has 1 atom stereocenters. The van der Waals surface area contributed by atoms with Crippen LogP contribution in [0.1, 0.15) is 25.8 Å². The molecule has 2 N–H and O–H groups in total. The maximum absolute atomic E-state index is 11.6. The van der Waals surface area contributed by atoms with Crippen molar-refractivity contribution in [2.45, 2.75) is 26.5 Å². The molecule has 1 unspecified atom stereocenters. The number of likely N-dealkylation sites (N-methyl/N-ethyl adjacent to an activating group) is 1. The predicted octanol–water partition coefficient (Wildman–Crippen LogP) is 2.72. The molecule has 114 valence electrons. The van der Waals surface area contributed by atoms with Gasteiger partial charge in [-0.15, -0.1) is 0 Å². The summed E-state index contributed by atoms with van der Waals surface area (Å²) in [4.78, 5) is 13.3. The third-order valence-corrected chi connectivity index (χ3v) is 3.65. The highest BCUT2D eigenvalue weighted by molar-refractivity contribution is 6.31. The summed E-state index contributed by atoms with van der Waals surface area (Å²) < 4.78 is 4.88. The third kappa shape index (κ3) is 2.99. The monoisotopic (exact) mass is 311 g/mol. The zero-order chi connectivity index (χ0) is 15.6. The quantitative estimate of drug-likeness (QED) is 0.837. The number of fused-ring (bicyclic) bond motifs is 1. The second-order valence-electron chi connectivity index (χ2n) is 4.68. The fraction of sp³-hybridized carbons (Fsp3) is 0.400. The Bertz CT molecular complexity index is 585. The smallest absolute Gasteiger partial charge is 0.310 e. The molecular weight excluding hydrogens is 294 g/mol. The van der Waals surface area contributed by atoms with Gasteiger partial charge in [0, 0.05) is 22.7 Å². The molecule has 1 aliphatic rings. The van der Waals surface area contributed by atoms with Crippen molar-refractivity contribution in [3.05, 3.63) is 34.4 Å². The second-order valence-corrected chi connectivity index (χ2v) is 5.11. The highest BCUT2D eigenvalue weighted by atomic mass is 35.5. The Balaban J connectivity index is 2.46. The van der Waals surface area contributed by atoms with Crippen molar-refractivity contribution < 1.29 is 19.7 Å². The minimum atomic E-state index is -1.08. The number of anilines is 1. The van der Waals surface area contributed by atoms with E-state index >= 15 is 0 Å². The van der Waals surface area contributed by atoms with Crippen molar-refractivity contribution in [2.24, 2.45) is 0 Å². The average Bonchev–Trinajstić information content (AvgIpc) is 2.44. The number of aliphatic hydroxyl groups excluding tert-OH is 2. The maximum atomic E-state index is 11.6. The molecule has 1 aromatic carbocycles. The van der Waals surface area contributed by atoms with Crippen molar-refractivity contribution in [2.75, 3.05) is 18.1 Å². The van der Waals surface area contributed by atoms with Crippen LogP contribution < -0.4 is 4.90 Å². The standard InChI is InChI=1S/C15H18ClNO4/c1-3-17-12-7-9(16)5-6-10(12)14(19)11(15(17)20)8-13(18)21-4-2/h5-7,15,19-20H,3-4,8H2,1-2H3. The van der Waals surface area contributed by atoms with Gasteiger partial charge >= 0.3 is 5.97 Å². The number of carbonyl (C=O) groups is 1. The first-order valence-electron chi connectivity index (χ1n) is 6.81. The van der Waals surface area contributed by atoms with Crippen LogP contribution >= 0.6 is 11.6 Å². The van der Waals surface area contributed by atoms with Crippen LogP contribution in [0, 0.1) is 0 Å². The number of benzene rings is 1. The summed E-state index contributed by atoms with van der Waals surface area (Å²) in [6, 6.07) is 5.01. The molecule has 6 heteroatoms. The van der Waals surface area contributed by atoms with Gasteiger partial charge in [0.05, 0.1) is 18.7 Å². The molecule has 0 aliphatic carbocycles. The number of aliphatic hydroxyl groups is 2. The molecule has 0 aromatic heterocycles. The van der Waals surface area contributed by atoms with E-state index in [-0.39, 0.29) is 24.4 Å². The Hall–Kier alpha value is -1.72. The number of nitrogens with zero attached hydrogens (tertiary/aromatic N) is 1. The number of hydrogen-bond donors (Lipinski definition) is 2. The Morgan fingerprint density at radius 2 is 2.14 bits per heavy atom. The summed E-state index contributed by atoms with van der Waals surface area (Å²) in [7, 11) is 0. The largest absolute Gasteiger partial charge is 0.507 e. The SMILES string of the molecule is CCOC(=O)CC1=C(O)c2ccc(Cl)cc2N(CC)C1O. The van der Waals surface area contributed by atoms with Crippen molar-refractivity contribution >= 4 is 29.0 Å². The van der Waals surface area contributed by atoms with E-state index in [0.717, 1.165) is 0 Å². The Morgan fingerprint density at radius 3 is 2.76 bits per heavy atom. The number of carbonyl (C=O) groups excluding carboxylic acids is 1. The summed E-state index contributed by atoms with van der Waals surface area (Å²) in [6.07, 6.45) is -1.23. The van der Waals surface area contributed by atoms with Crippen LogP contribution in [0.15, 0.2) is 23.8 Å². The third-order valence-electron chi connectivity index (χ3n) is 3.42. The molecular formula is C15H18ClNO4. The zero-order valence-corrected chi connectivity index (χ0v) is 12.7. The molecule has 0 bridgehead atoms. The summed E-state index contributed by atoms with van der Waals surface area (Å²) in [5.74, 6) is -0.571. The predicted molar refractivity (Wildman–Crippen MR) is 81.3 cm³/mol. The summed E-state index contributed by atoms with van der Waals surface area (Å²) in [5.41, 5.74) is 1.43. The first kappa shape index (κ1) is 15.7. The van der Waals surface area contributed by atoms with Crippen molar-refractivity contribution in [3.8, 4) is 0 Å². The van der Waals surface area contributed by atoms with Gasteiger partial charge in [-0.25, -0.2) is 0 Å². The average molecular weight is 312 g/mol. The topological polar surface area (TPSA) is 70.0 Å². The summed E-state index contributed by atoms with van der Waals surface area (Å²) in [6.45, 7) is 4.35. The fourth-order valence-electron chi connectivity index (χ4n) is 2.44. The van der Waals surface area contributed by atoms with Gasteiger partial charge in [-0.3, -0.25) is 4.79 Å². The van der Waals surface area contributed by atoms with Crippen LogP contribution in [0.5, 0.6) is 0 Å². The highest BCUT2D eigenvalue weighted by Gasteiger charge is 2.32. The number of ether oxygens (including phenoxy) is 1. The Morgan fingerprint density at radius 1 is 1.43 bits per heavy atom. The number of rotatable bonds is 4. The van der Waals surface area contributed by atoms with Gasteiger partial charge in [-0.05, 0) is 32.0 Å². The van der Waals surface area contributed by atoms with Crippen LogP contribution in [0.25, 0.3) is 5.76 Å². The van der Waals surface area contributed by atoms with Crippen molar-refractivity contribution in [3.63, 3.8) is 0 Å². The van der Waals surface area contributed by atoms with Gasteiger partial charge in [0.15, 0.2) is 6.23 Å². The van der Waals surface area contributed by atoms with Crippen LogP contribution in [0.4, 0.5) is 5.69 Å². The number of hydrogen-bond acceptors (Lipinski definition) is 5. The van der Waals surface area contributed by atoms with E-state index in [1.54, 1.807) is 30.0 Å². The first-order valence-corrected chi connectivity index (χ1v) is 7.19. The van der Waals surface area contributed by atoms with E-state index in [9.17, 15) is 15.0 Å². The molecule has 0 fully saturated rings.